The fourth-order valence-electron chi connectivity index (χ4n) is 8.36. The lowest BCUT2D eigenvalue weighted by Gasteiger charge is -2.26. The largest absolute Gasteiger partial charge is 0.494 e. The molecule has 1 N–H and O–H groups in total. The molecule has 8 rings (SSSR count). The first-order valence-corrected chi connectivity index (χ1v) is 24.0. The van der Waals surface area contributed by atoms with E-state index in [4.69, 9.17) is 13.9 Å². The molecule has 0 radical (unpaired) electrons. The van der Waals surface area contributed by atoms with Crippen molar-refractivity contribution < 1.29 is 23.8 Å². The third-order valence-corrected chi connectivity index (χ3v) is 12.2. The molecule has 7 heteroatoms. The summed E-state index contributed by atoms with van der Waals surface area (Å²) in [6.07, 6.45) is 12.4. The van der Waals surface area contributed by atoms with Gasteiger partial charge < -0.3 is 23.9 Å². The molecule has 0 atom stereocenters. The number of carboxylic acid groups (broad SMARTS) is 1. The summed E-state index contributed by atoms with van der Waals surface area (Å²) in [5, 5.41) is 10.5. The lowest BCUT2D eigenvalue weighted by atomic mass is 10.0. The van der Waals surface area contributed by atoms with E-state index in [1.165, 1.54) is 44.7 Å². The average Bonchev–Trinajstić information content (AvgIpc) is 3.81. The summed E-state index contributed by atoms with van der Waals surface area (Å²) in [6.45, 7) is 5.95. The van der Waals surface area contributed by atoms with Crippen molar-refractivity contribution in [3.63, 3.8) is 0 Å². The van der Waals surface area contributed by atoms with Crippen LogP contribution in [0.3, 0.4) is 0 Å². The number of hydrogen-bond donors (Lipinski definition) is 1. The van der Waals surface area contributed by atoms with Crippen LogP contribution < -0.4 is 14.4 Å². The van der Waals surface area contributed by atoms with E-state index in [-0.39, 0.29) is 5.57 Å². The molecule has 1 heterocycles. The molecule has 0 aliphatic carbocycles. The van der Waals surface area contributed by atoms with E-state index < -0.39 is 5.97 Å². The number of furan rings is 1. The van der Waals surface area contributed by atoms with Gasteiger partial charge in [-0.25, -0.2) is 4.79 Å². The molecule has 0 saturated carbocycles. The highest BCUT2D eigenvalue weighted by atomic mass is 16.5. The number of carboxylic acids is 1. The number of carbonyl (C=O) groups is 1. The maximum atomic E-state index is 11.6. The highest BCUT2D eigenvalue weighted by Gasteiger charge is 2.15. The van der Waals surface area contributed by atoms with Gasteiger partial charge in [0.05, 0.1) is 18.8 Å². The fourth-order valence-corrected chi connectivity index (χ4v) is 8.36. The molecule has 0 amide bonds. The van der Waals surface area contributed by atoms with Gasteiger partial charge in [-0.05, 0) is 131 Å². The van der Waals surface area contributed by atoms with Crippen LogP contribution in [0.2, 0.25) is 0 Å². The zero-order valence-electron chi connectivity index (χ0n) is 39.4. The summed E-state index contributed by atoms with van der Waals surface area (Å²) >= 11 is 0. The van der Waals surface area contributed by atoms with Crippen molar-refractivity contribution in [1.82, 2.24) is 0 Å². The number of anilines is 3. The van der Waals surface area contributed by atoms with Gasteiger partial charge in [-0.3, -0.25) is 4.99 Å². The Hall–Kier alpha value is -7.64. The van der Waals surface area contributed by atoms with Crippen LogP contribution in [0.15, 0.2) is 185 Å². The highest BCUT2D eigenvalue weighted by Crippen LogP contribution is 2.39. The maximum Gasteiger partial charge on any atom is 0.337 e. The quantitative estimate of drug-likeness (QED) is 0.0414. The number of unbranched alkanes of at least 4 members (excludes halogenated alkanes) is 6. The van der Waals surface area contributed by atoms with E-state index in [0.29, 0.717) is 5.58 Å². The number of rotatable bonds is 22. The van der Waals surface area contributed by atoms with E-state index in [0.717, 1.165) is 110 Å². The first-order chi connectivity index (χ1) is 33.4. The maximum absolute atomic E-state index is 11.6. The molecule has 344 valence electrons. The molecular formula is C61H60N2O5. The minimum atomic E-state index is -1.03. The Morgan fingerprint density at radius 2 is 0.941 bits per heavy atom. The van der Waals surface area contributed by atoms with Gasteiger partial charge in [-0.1, -0.05) is 149 Å². The van der Waals surface area contributed by atoms with Crippen LogP contribution in [-0.2, 0) is 4.79 Å². The summed E-state index contributed by atoms with van der Waals surface area (Å²) < 4.78 is 18.3. The third kappa shape index (κ3) is 12.0. The third-order valence-electron chi connectivity index (χ3n) is 12.2. The van der Waals surface area contributed by atoms with Crippen molar-refractivity contribution in [2.75, 3.05) is 25.2 Å². The van der Waals surface area contributed by atoms with Gasteiger partial charge in [0.25, 0.3) is 0 Å². The Labute approximate surface area is 401 Å². The van der Waals surface area contributed by atoms with E-state index in [1.807, 2.05) is 24.3 Å². The summed E-state index contributed by atoms with van der Waals surface area (Å²) in [5.74, 6) is 1.52. The summed E-state index contributed by atoms with van der Waals surface area (Å²) in [7, 11) is 1.55. The van der Waals surface area contributed by atoms with Crippen LogP contribution in [0.5, 0.6) is 11.5 Å². The van der Waals surface area contributed by atoms with E-state index >= 15 is 0 Å². The number of ether oxygens (including phenoxy) is 2. The molecule has 68 heavy (non-hydrogen) atoms. The number of aliphatic carboxylic acids is 1. The molecule has 0 saturated heterocycles. The van der Waals surface area contributed by atoms with Crippen molar-refractivity contribution in [1.29, 1.82) is 0 Å². The molecule has 0 fully saturated rings. The fraction of sp³-hybridized carbons (Fsp3) is 0.213. The minimum absolute atomic E-state index is 0.103. The van der Waals surface area contributed by atoms with Crippen molar-refractivity contribution >= 4 is 46.3 Å². The van der Waals surface area contributed by atoms with E-state index in [2.05, 4.69) is 169 Å². The molecule has 0 bridgehead atoms. The van der Waals surface area contributed by atoms with Crippen LogP contribution in [0.25, 0.3) is 61.7 Å². The van der Waals surface area contributed by atoms with Gasteiger partial charge in [-0.2, -0.15) is 0 Å². The Morgan fingerprint density at radius 3 is 1.35 bits per heavy atom. The van der Waals surface area contributed by atoms with Gasteiger partial charge in [-0.15, -0.1) is 0 Å². The second-order valence-electron chi connectivity index (χ2n) is 17.1. The van der Waals surface area contributed by atoms with Crippen LogP contribution in [0, 0.1) is 0 Å². The number of nitrogens with zero attached hydrogens (tertiary/aromatic N) is 2. The molecule has 7 aromatic carbocycles. The van der Waals surface area contributed by atoms with Crippen LogP contribution in [0.1, 0.15) is 70.8 Å². The van der Waals surface area contributed by atoms with Crippen molar-refractivity contribution in [3.05, 3.63) is 181 Å². The van der Waals surface area contributed by atoms with Crippen LogP contribution in [-0.4, -0.2) is 37.6 Å². The lowest BCUT2D eigenvalue weighted by molar-refractivity contribution is -0.131. The lowest BCUT2D eigenvalue weighted by Crippen LogP contribution is -2.09. The molecule has 1 aromatic heterocycles. The first-order valence-electron chi connectivity index (χ1n) is 24.0. The van der Waals surface area contributed by atoms with Crippen molar-refractivity contribution in [2.45, 2.75) is 65.2 Å². The van der Waals surface area contributed by atoms with Gasteiger partial charge in [0.15, 0.2) is 0 Å². The van der Waals surface area contributed by atoms with Gasteiger partial charge in [0.2, 0.25) is 0 Å². The molecule has 0 aliphatic heterocycles. The summed E-state index contributed by atoms with van der Waals surface area (Å²) in [6, 6.07) is 59.1. The molecule has 8 aromatic rings. The number of benzene rings is 7. The second-order valence-corrected chi connectivity index (χ2v) is 17.1. The minimum Gasteiger partial charge on any atom is -0.494 e. The van der Waals surface area contributed by atoms with Gasteiger partial charge in [0.1, 0.15) is 22.8 Å². The van der Waals surface area contributed by atoms with E-state index in [9.17, 15) is 9.90 Å². The van der Waals surface area contributed by atoms with Crippen molar-refractivity contribution in [2.24, 2.45) is 4.99 Å². The summed E-state index contributed by atoms with van der Waals surface area (Å²) in [4.78, 5) is 17.8. The smallest absolute Gasteiger partial charge is 0.337 e. The zero-order chi connectivity index (χ0) is 47.1. The standard InChI is InChI=1S/C61H60N2O5/c1-4-6-8-10-38-66-57-34-24-49(25-35-57)47-20-30-55(31-21-47)63(56-32-22-48(23-33-56)50-26-36-58(37-27-50)67-39-11-9-7-5-2)54-28-18-46(19-29-54)45-14-16-51(17-15-45)60-42-52-13-12-44(41-59(52)68-60)40-53(43-62-3)61(64)65/h12-37,40-43H,4-11,38-39H2,1-3H3,(H,64,65)/b53-40-,62-43?. The first kappa shape index (κ1) is 46.9. The number of aliphatic imine (C=N–C) groups is 1. The Bertz CT molecular complexity index is 2810. The van der Waals surface area contributed by atoms with E-state index in [1.54, 1.807) is 13.1 Å². The van der Waals surface area contributed by atoms with Crippen LogP contribution in [0.4, 0.5) is 17.1 Å². The number of fused-ring (bicyclic) bond motifs is 1. The Balaban J connectivity index is 1.02. The zero-order valence-corrected chi connectivity index (χ0v) is 39.4. The normalized spacial score (nSPS) is 11.6. The highest BCUT2D eigenvalue weighted by molar-refractivity contribution is 6.12. The molecule has 0 spiro atoms. The predicted octanol–water partition coefficient (Wildman–Crippen LogP) is 16.7. The molecule has 0 aliphatic rings. The van der Waals surface area contributed by atoms with Crippen LogP contribution >= 0.6 is 0 Å². The van der Waals surface area contributed by atoms with Gasteiger partial charge in [0, 0.05) is 41.3 Å². The molecule has 0 unspecified atom stereocenters. The molecule has 7 nitrogen and oxygen atoms in total. The molecular weight excluding hydrogens is 841 g/mol. The average molecular weight is 901 g/mol. The topological polar surface area (TPSA) is 84.5 Å². The number of hydrogen-bond acceptors (Lipinski definition) is 6. The Kier molecular flexibility index (Phi) is 16.0. The SMILES string of the molecule is CCCCCCOc1ccc(-c2ccc(N(c3ccc(-c4ccc(OCCCCCC)cc4)cc3)c3ccc(-c4ccc(-c5cc6ccc(/C=C(/C=NC)C(=O)O)cc6o5)cc4)cc3)cc2)cc1. The predicted molar refractivity (Wildman–Crippen MR) is 282 cm³/mol. The van der Waals surface area contributed by atoms with Crippen molar-refractivity contribution in [3.8, 4) is 56.2 Å². The monoisotopic (exact) mass is 900 g/mol. The summed E-state index contributed by atoms with van der Waals surface area (Å²) in [5.41, 5.74) is 12.4. The second kappa shape index (κ2) is 23.2. The Morgan fingerprint density at radius 1 is 0.529 bits per heavy atom. The van der Waals surface area contributed by atoms with Gasteiger partial charge >= 0.3 is 5.97 Å².